The number of carbonyl (C=O) groups excluding carboxylic acids is 1. The summed E-state index contributed by atoms with van der Waals surface area (Å²) in [5.74, 6) is 0.296. The van der Waals surface area contributed by atoms with Crippen LogP contribution >= 0.6 is 23.7 Å². The van der Waals surface area contributed by atoms with Crippen molar-refractivity contribution in [2.24, 2.45) is 0 Å². The van der Waals surface area contributed by atoms with Gasteiger partial charge in [0.15, 0.2) is 0 Å². The molecule has 1 aromatic rings. The molecule has 0 spiro atoms. The van der Waals surface area contributed by atoms with E-state index >= 15 is 0 Å². The zero-order valence-electron chi connectivity index (χ0n) is 13.8. The Morgan fingerprint density at radius 2 is 2.05 bits per heavy atom. The highest BCUT2D eigenvalue weighted by atomic mass is 35.5. The van der Waals surface area contributed by atoms with Crippen LogP contribution in [0.1, 0.15) is 30.0 Å². The van der Waals surface area contributed by atoms with Crippen molar-refractivity contribution in [3.8, 4) is 0 Å². The lowest BCUT2D eigenvalue weighted by molar-refractivity contribution is -0.132. The second-order valence-corrected chi connectivity index (χ2v) is 7.33. The number of nitrogens with one attached hydrogen (secondary N) is 1. The first-order valence-corrected chi connectivity index (χ1v) is 8.66. The molecule has 2 heterocycles. The van der Waals surface area contributed by atoms with Crippen LogP contribution in [0.5, 0.6) is 0 Å². The lowest BCUT2D eigenvalue weighted by Gasteiger charge is -2.30. The standard InChI is InChI=1S/C16H27N3OS.ClH/c1-13(2)19(12-15-5-4-14(3)21-15)9-6-16(20)18-10-7-17-8-11-18;/h4-5,13,17H,6-12H2,1-3H3;1H. The summed E-state index contributed by atoms with van der Waals surface area (Å²) in [5, 5.41) is 3.28. The fourth-order valence-electron chi connectivity index (χ4n) is 2.60. The Morgan fingerprint density at radius 3 is 2.59 bits per heavy atom. The smallest absolute Gasteiger partial charge is 0.223 e. The van der Waals surface area contributed by atoms with Crippen LogP contribution in [0.25, 0.3) is 0 Å². The van der Waals surface area contributed by atoms with Gasteiger partial charge in [0.05, 0.1) is 0 Å². The summed E-state index contributed by atoms with van der Waals surface area (Å²) >= 11 is 1.85. The third-order valence-electron chi connectivity index (χ3n) is 3.97. The molecule has 1 saturated heterocycles. The maximum absolute atomic E-state index is 12.3. The molecule has 4 nitrogen and oxygen atoms in total. The zero-order chi connectivity index (χ0) is 15.2. The molecule has 1 N–H and O–H groups in total. The van der Waals surface area contributed by atoms with E-state index in [1.807, 2.05) is 16.2 Å². The largest absolute Gasteiger partial charge is 0.340 e. The first-order chi connectivity index (χ1) is 10.1. The Balaban J connectivity index is 0.00000242. The highest BCUT2D eigenvalue weighted by molar-refractivity contribution is 7.11. The second kappa shape index (κ2) is 9.50. The van der Waals surface area contributed by atoms with Gasteiger partial charge in [0, 0.05) is 61.5 Å². The van der Waals surface area contributed by atoms with Crippen molar-refractivity contribution in [1.82, 2.24) is 15.1 Å². The Morgan fingerprint density at radius 1 is 1.36 bits per heavy atom. The predicted octanol–water partition coefficient (Wildman–Crippen LogP) is 2.51. The molecule has 0 atom stereocenters. The van der Waals surface area contributed by atoms with Gasteiger partial charge in [-0.05, 0) is 32.9 Å². The van der Waals surface area contributed by atoms with Gasteiger partial charge >= 0.3 is 0 Å². The van der Waals surface area contributed by atoms with Crippen LogP contribution in [0, 0.1) is 6.92 Å². The highest BCUT2D eigenvalue weighted by Gasteiger charge is 2.18. The quantitative estimate of drug-likeness (QED) is 0.860. The van der Waals surface area contributed by atoms with Crippen molar-refractivity contribution < 1.29 is 4.79 Å². The third kappa shape index (κ3) is 5.88. The van der Waals surface area contributed by atoms with E-state index in [0.717, 1.165) is 39.3 Å². The highest BCUT2D eigenvalue weighted by Crippen LogP contribution is 2.18. The Hall–Kier alpha value is -0.620. The number of carbonyl (C=O) groups is 1. The van der Waals surface area contributed by atoms with Crippen LogP contribution in [0.15, 0.2) is 12.1 Å². The predicted molar refractivity (Wildman–Crippen MR) is 95.9 cm³/mol. The van der Waals surface area contributed by atoms with Crippen LogP contribution in [0.2, 0.25) is 0 Å². The summed E-state index contributed by atoms with van der Waals surface area (Å²) in [6.45, 7) is 11.9. The molecule has 2 rings (SSSR count). The number of hydrogen-bond donors (Lipinski definition) is 1. The Kier molecular flexibility index (Phi) is 8.39. The van der Waals surface area contributed by atoms with Crippen LogP contribution in [0.4, 0.5) is 0 Å². The molecule has 1 fully saturated rings. The molecule has 126 valence electrons. The molecule has 1 aliphatic heterocycles. The van der Waals surface area contributed by atoms with E-state index < -0.39 is 0 Å². The van der Waals surface area contributed by atoms with Crippen molar-refractivity contribution in [3.05, 3.63) is 21.9 Å². The molecule has 1 amide bonds. The summed E-state index contributed by atoms with van der Waals surface area (Å²) in [6.07, 6.45) is 0.628. The zero-order valence-corrected chi connectivity index (χ0v) is 15.4. The molecule has 1 aliphatic rings. The normalized spacial score (nSPS) is 15.2. The van der Waals surface area contributed by atoms with E-state index in [4.69, 9.17) is 0 Å². The van der Waals surface area contributed by atoms with E-state index in [2.05, 4.69) is 43.1 Å². The molecule has 1 aromatic heterocycles. The Bertz CT molecular complexity index is 458. The van der Waals surface area contributed by atoms with Crippen LogP contribution in [-0.2, 0) is 11.3 Å². The number of rotatable bonds is 6. The first kappa shape index (κ1) is 19.4. The number of thiophene rings is 1. The first-order valence-electron chi connectivity index (χ1n) is 7.84. The molecule has 0 unspecified atom stereocenters. The van der Waals surface area contributed by atoms with Crippen molar-refractivity contribution in [2.75, 3.05) is 32.7 Å². The number of aryl methyl sites for hydroxylation is 1. The van der Waals surface area contributed by atoms with E-state index in [0.29, 0.717) is 18.4 Å². The molecule has 22 heavy (non-hydrogen) atoms. The minimum Gasteiger partial charge on any atom is -0.340 e. The topological polar surface area (TPSA) is 35.6 Å². The van der Waals surface area contributed by atoms with E-state index in [1.54, 1.807) is 0 Å². The number of halogens is 1. The molecular weight excluding hydrogens is 318 g/mol. The minimum absolute atomic E-state index is 0. The van der Waals surface area contributed by atoms with Crippen molar-refractivity contribution in [2.45, 2.75) is 39.8 Å². The summed E-state index contributed by atoms with van der Waals surface area (Å²) in [7, 11) is 0. The maximum atomic E-state index is 12.3. The maximum Gasteiger partial charge on any atom is 0.223 e. The van der Waals surface area contributed by atoms with Crippen LogP contribution in [-0.4, -0.2) is 54.5 Å². The fourth-order valence-corrected chi connectivity index (χ4v) is 3.52. The molecular formula is C16H28ClN3OS. The summed E-state index contributed by atoms with van der Waals surface area (Å²) in [4.78, 5) is 19.4. The summed E-state index contributed by atoms with van der Waals surface area (Å²) in [6, 6.07) is 4.83. The second-order valence-electron chi connectivity index (χ2n) is 5.96. The van der Waals surface area contributed by atoms with E-state index in [1.165, 1.54) is 9.75 Å². The fraction of sp³-hybridized carbons (Fsp3) is 0.688. The van der Waals surface area contributed by atoms with Gasteiger partial charge in [-0.25, -0.2) is 0 Å². The van der Waals surface area contributed by atoms with Gasteiger partial charge in [-0.2, -0.15) is 0 Å². The number of piperazine rings is 1. The Labute approximate surface area is 144 Å². The average molecular weight is 346 g/mol. The molecule has 0 bridgehead atoms. The average Bonchev–Trinajstić information content (AvgIpc) is 2.89. The monoisotopic (exact) mass is 345 g/mol. The van der Waals surface area contributed by atoms with E-state index in [9.17, 15) is 4.79 Å². The van der Waals surface area contributed by atoms with Gasteiger partial charge < -0.3 is 10.2 Å². The van der Waals surface area contributed by atoms with Crippen molar-refractivity contribution in [1.29, 1.82) is 0 Å². The number of hydrogen-bond acceptors (Lipinski definition) is 4. The van der Waals surface area contributed by atoms with E-state index in [-0.39, 0.29) is 12.4 Å². The minimum atomic E-state index is 0. The molecule has 0 saturated carbocycles. The van der Waals surface area contributed by atoms with Gasteiger partial charge in [0.2, 0.25) is 5.91 Å². The molecule has 0 aliphatic carbocycles. The molecule has 0 aromatic carbocycles. The van der Waals surface area contributed by atoms with Gasteiger partial charge in [0.1, 0.15) is 0 Å². The molecule has 6 heteroatoms. The summed E-state index contributed by atoms with van der Waals surface area (Å²) in [5.41, 5.74) is 0. The van der Waals surface area contributed by atoms with Gasteiger partial charge in [-0.3, -0.25) is 9.69 Å². The lowest BCUT2D eigenvalue weighted by Crippen LogP contribution is -2.47. The SMILES string of the molecule is Cc1ccc(CN(CCC(=O)N2CCNCC2)C(C)C)s1.Cl. The van der Waals surface area contributed by atoms with Crippen molar-refractivity contribution >= 4 is 29.7 Å². The lowest BCUT2D eigenvalue weighted by atomic mass is 10.2. The molecule has 0 radical (unpaired) electrons. The number of nitrogens with zero attached hydrogens (tertiary/aromatic N) is 2. The van der Waals surface area contributed by atoms with Crippen LogP contribution < -0.4 is 5.32 Å². The van der Waals surface area contributed by atoms with Crippen molar-refractivity contribution in [3.63, 3.8) is 0 Å². The number of amides is 1. The van der Waals surface area contributed by atoms with Crippen LogP contribution in [0.3, 0.4) is 0 Å². The van der Waals surface area contributed by atoms with Gasteiger partial charge in [-0.15, -0.1) is 23.7 Å². The summed E-state index contributed by atoms with van der Waals surface area (Å²) < 4.78 is 0. The van der Waals surface area contributed by atoms with Gasteiger partial charge in [0.25, 0.3) is 0 Å². The van der Waals surface area contributed by atoms with Gasteiger partial charge in [-0.1, -0.05) is 0 Å². The third-order valence-corrected chi connectivity index (χ3v) is 4.95.